The molecule has 1 aromatic heterocycles. The molecule has 0 bridgehead atoms. The molecular weight excluding hydrogens is 295 g/mol. The first-order valence-electron chi connectivity index (χ1n) is 5.84. The Morgan fingerprint density at radius 3 is 2.45 bits per heavy atom. The Balaban J connectivity index is 2.22. The monoisotopic (exact) mass is 307 g/mol. The number of amides is 1. The van der Waals surface area contributed by atoms with Gasteiger partial charge in [0.2, 0.25) is 0 Å². The van der Waals surface area contributed by atoms with Crippen LogP contribution in [0.1, 0.15) is 15.2 Å². The molecule has 1 N–H and O–H groups in total. The van der Waals surface area contributed by atoms with E-state index >= 15 is 0 Å². The van der Waals surface area contributed by atoms with Crippen molar-refractivity contribution in [3.63, 3.8) is 0 Å². The molecule has 8 heteroatoms. The molecule has 0 aromatic carbocycles. The molecule has 110 valence electrons. The van der Waals surface area contributed by atoms with Gasteiger partial charge in [-0.25, -0.2) is 0 Å². The Hall–Kier alpha value is -1.57. The fourth-order valence-electron chi connectivity index (χ4n) is 2.29. The van der Waals surface area contributed by atoms with Crippen LogP contribution in [0.4, 0.5) is 13.2 Å². The number of carboxylic acids is 1. The van der Waals surface area contributed by atoms with Crippen LogP contribution in [-0.4, -0.2) is 41.1 Å². The van der Waals surface area contributed by atoms with Crippen LogP contribution >= 0.6 is 11.3 Å². The molecule has 4 nitrogen and oxygen atoms in total. The van der Waals surface area contributed by atoms with Crippen molar-refractivity contribution < 1.29 is 27.9 Å². The molecule has 2 atom stereocenters. The van der Waals surface area contributed by atoms with Crippen molar-refractivity contribution in [2.75, 3.05) is 13.1 Å². The van der Waals surface area contributed by atoms with Crippen LogP contribution in [0.2, 0.25) is 0 Å². The summed E-state index contributed by atoms with van der Waals surface area (Å²) in [5, 5.41) is 10.6. The number of carbonyl (C=O) groups is 2. The quantitative estimate of drug-likeness (QED) is 0.912. The number of thiophene rings is 1. The molecule has 0 unspecified atom stereocenters. The molecule has 1 fully saturated rings. The summed E-state index contributed by atoms with van der Waals surface area (Å²) in [6.45, 7) is 0.683. The first kappa shape index (κ1) is 14.8. The van der Waals surface area contributed by atoms with Crippen LogP contribution in [0.25, 0.3) is 0 Å². The van der Waals surface area contributed by atoms with Crippen LogP contribution in [0.15, 0.2) is 11.4 Å². The number of aryl methyl sites for hydroxylation is 1. The van der Waals surface area contributed by atoms with E-state index in [0.29, 0.717) is 10.4 Å². The largest absolute Gasteiger partial charge is 0.481 e. The maximum atomic E-state index is 12.8. The maximum Gasteiger partial charge on any atom is 0.394 e. The first-order chi connectivity index (χ1) is 9.21. The Morgan fingerprint density at radius 1 is 1.40 bits per heavy atom. The van der Waals surface area contributed by atoms with Crippen LogP contribution in [0.3, 0.4) is 0 Å². The molecule has 2 heterocycles. The van der Waals surface area contributed by atoms with E-state index in [9.17, 15) is 22.8 Å². The van der Waals surface area contributed by atoms with E-state index in [0.717, 1.165) is 16.2 Å². The topological polar surface area (TPSA) is 57.6 Å². The van der Waals surface area contributed by atoms with Crippen molar-refractivity contribution in [2.24, 2.45) is 11.8 Å². The third-order valence-electron chi connectivity index (χ3n) is 3.40. The zero-order chi connectivity index (χ0) is 15.1. The summed E-state index contributed by atoms with van der Waals surface area (Å²) in [4.78, 5) is 24.4. The second-order valence-corrected chi connectivity index (χ2v) is 5.65. The van der Waals surface area contributed by atoms with Gasteiger partial charge in [0, 0.05) is 13.1 Å². The van der Waals surface area contributed by atoms with Crippen LogP contribution in [-0.2, 0) is 4.79 Å². The second kappa shape index (κ2) is 5.08. The van der Waals surface area contributed by atoms with E-state index in [1.54, 1.807) is 18.4 Å². The molecule has 20 heavy (non-hydrogen) atoms. The molecule has 0 radical (unpaired) electrons. The lowest BCUT2D eigenvalue weighted by Gasteiger charge is -2.18. The average molecular weight is 307 g/mol. The van der Waals surface area contributed by atoms with Crippen molar-refractivity contribution in [1.82, 2.24) is 4.90 Å². The van der Waals surface area contributed by atoms with Gasteiger partial charge in [0.15, 0.2) is 0 Å². The smallest absolute Gasteiger partial charge is 0.394 e. The lowest BCUT2D eigenvalue weighted by atomic mass is 9.96. The van der Waals surface area contributed by atoms with Crippen molar-refractivity contribution in [1.29, 1.82) is 0 Å². The standard InChI is InChI=1S/C12H12F3NO3S/c1-6-2-3-20-9(6)10(17)16-4-7(11(18)19)8(5-16)12(13,14)15/h2-3,7-8H,4-5H2,1H3,(H,18,19)/t7-,8-/m1/s1. The van der Waals surface area contributed by atoms with Gasteiger partial charge in [0.05, 0.1) is 16.7 Å². The summed E-state index contributed by atoms with van der Waals surface area (Å²) < 4.78 is 38.5. The minimum Gasteiger partial charge on any atom is -0.481 e. The number of carbonyl (C=O) groups excluding carboxylic acids is 1. The van der Waals surface area contributed by atoms with Gasteiger partial charge >= 0.3 is 12.1 Å². The number of hydrogen-bond donors (Lipinski definition) is 1. The van der Waals surface area contributed by atoms with Gasteiger partial charge in [0.25, 0.3) is 5.91 Å². The number of rotatable bonds is 2. The van der Waals surface area contributed by atoms with Gasteiger partial charge in [-0.3, -0.25) is 9.59 Å². The predicted molar refractivity (Wildman–Crippen MR) is 65.6 cm³/mol. The molecule has 2 rings (SSSR count). The first-order valence-corrected chi connectivity index (χ1v) is 6.72. The van der Waals surface area contributed by atoms with E-state index in [4.69, 9.17) is 5.11 Å². The highest BCUT2D eigenvalue weighted by atomic mass is 32.1. The van der Waals surface area contributed by atoms with Crippen molar-refractivity contribution >= 4 is 23.2 Å². The zero-order valence-electron chi connectivity index (χ0n) is 10.5. The Morgan fingerprint density at radius 2 is 2.05 bits per heavy atom. The molecule has 0 aliphatic carbocycles. The number of likely N-dealkylation sites (tertiary alicyclic amines) is 1. The maximum absolute atomic E-state index is 12.8. The predicted octanol–water partition coefficient (Wildman–Crippen LogP) is 2.39. The van der Waals surface area contributed by atoms with Crippen molar-refractivity contribution in [2.45, 2.75) is 13.1 Å². The van der Waals surface area contributed by atoms with E-state index in [1.165, 1.54) is 0 Å². The lowest BCUT2D eigenvalue weighted by Crippen LogP contribution is -2.34. The van der Waals surface area contributed by atoms with Crippen LogP contribution in [0, 0.1) is 18.8 Å². The van der Waals surface area contributed by atoms with Crippen molar-refractivity contribution in [3.8, 4) is 0 Å². The molecule has 1 aromatic rings. The number of carboxylic acid groups (broad SMARTS) is 1. The highest BCUT2D eigenvalue weighted by Gasteiger charge is 2.53. The molecule has 0 spiro atoms. The fraction of sp³-hybridized carbons (Fsp3) is 0.500. The highest BCUT2D eigenvalue weighted by molar-refractivity contribution is 7.12. The summed E-state index contributed by atoms with van der Waals surface area (Å²) in [5.74, 6) is -5.66. The number of alkyl halides is 3. The van der Waals surface area contributed by atoms with Gasteiger partial charge in [0.1, 0.15) is 0 Å². The summed E-state index contributed by atoms with van der Waals surface area (Å²) in [6, 6.07) is 1.70. The molecule has 1 saturated heterocycles. The normalized spacial score (nSPS) is 23.1. The summed E-state index contributed by atoms with van der Waals surface area (Å²) in [7, 11) is 0. The van der Waals surface area contributed by atoms with Crippen LogP contribution in [0.5, 0.6) is 0 Å². The minimum atomic E-state index is -4.62. The number of aliphatic carboxylic acids is 1. The highest BCUT2D eigenvalue weighted by Crippen LogP contribution is 2.38. The average Bonchev–Trinajstić information content (AvgIpc) is 2.92. The summed E-state index contributed by atoms with van der Waals surface area (Å²) >= 11 is 1.14. The Labute approximate surface area is 116 Å². The summed E-state index contributed by atoms with van der Waals surface area (Å²) in [5.41, 5.74) is 0.683. The molecule has 0 saturated carbocycles. The molecule has 1 amide bonds. The third kappa shape index (κ3) is 2.65. The summed E-state index contributed by atoms with van der Waals surface area (Å²) in [6.07, 6.45) is -4.62. The lowest BCUT2D eigenvalue weighted by molar-refractivity contribution is -0.187. The van der Waals surface area contributed by atoms with Crippen LogP contribution < -0.4 is 0 Å². The Kier molecular flexibility index (Phi) is 3.77. The Bertz CT molecular complexity index is 540. The molecular formula is C12H12F3NO3S. The minimum absolute atomic E-state index is 0.358. The number of hydrogen-bond acceptors (Lipinski definition) is 3. The van der Waals surface area contributed by atoms with Crippen molar-refractivity contribution in [3.05, 3.63) is 21.9 Å². The molecule has 1 aliphatic rings. The van der Waals surface area contributed by atoms with Gasteiger partial charge in [-0.05, 0) is 23.9 Å². The van der Waals surface area contributed by atoms with Gasteiger partial charge in [-0.2, -0.15) is 13.2 Å². The van der Waals surface area contributed by atoms with E-state index in [-0.39, 0.29) is 0 Å². The second-order valence-electron chi connectivity index (χ2n) is 4.74. The van der Waals surface area contributed by atoms with Gasteiger partial charge in [-0.15, -0.1) is 11.3 Å². The SMILES string of the molecule is Cc1ccsc1C(=O)N1C[C@@H](C(F)(F)F)[C@H](C(=O)O)C1. The zero-order valence-corrected chi connectivity index (χ0v) is 11.3. The fourth-order valence-corrected chi connectivity index (χ4v) is 3.18. The van der Waals surface area contributed by atoms with E-state index in [2.05, 4.69) is 0 Å². The van der Waals surface area contributed by atoms with E-state index in [1.807, 2.05) is 0 Å². The van der Waals surface area contributed by atoms with Gasteiger partial charge in [-0.1, -0.05) is 0 Å². The number of nitrogens with zero attached hydrogens (tertiary/aromatic N) is 1. The van der Waals surface area contributed by atoms with E-state index < -0.39 is 43.0 Å². The number of halogens is 3. The third-order valence-corrected chi connectivity index (χ3v) is 4.41. The molecule has 1 aliphatic heterocycles. The van der Waals surface area contributed by atoms with Gasteiger partial charge < -0.3 is 10.0 Å².